The molecular formula is C25H34N2O4. The number of anilines is 1. The molecule has 4 aliphatic rings. The predicted molar refractivity (Wildman–Crippen MR) is 118 cm³/mol. The van der Waals surface area contributed by atoms with Gasteiger partial charge in [-0.15, -0.1) is 0 Å². The van der Waals surface area contributed by atoms with Crippen molar-refractivity contribution in [2.24, 2.45) is 17.8 Å². The quantitative estimate of drug-likeness (QED) is 0.750. The fourth-order valence-corrected chi connectivity index (χ4v) is 7.13. The van der Waals surface area contributed by atoms with Crippen LogP contribution in [0.25, 0.3) is 0 Å². The van der Waals surface area contributed by atoms with E-state index >= 15 is 0 Å². The second-order valence-corrected chi connectivity index (χ2v) is 9.91. The zero-order chi connectivity index (χ0) is 21.8. The van der Waals surface area contributed by atoms with Crippen molar-refractivity contribution in [3.63, 3.8) is 0 Å². The fourth-order valence-electron chi connectivity index (χ4n) is 7.13. The zero-order valence-corrected chi connectivity index (χ0v) is 18.6. The second kappa shape index (κ2) is 7.89. The molecule has 31 heavy (non-hydrogen) atoms. The highest BCUT2D eigenvalue weighted by Crippen LogP contribution is 2.56. The lowest BCUT2D eigenvalue weighted by Gasteiger charge is -2.50. The van der Waals surface area contributed by atoms with E-state index in [0.717, 1.165) is 63.0 Å². The van der Waals surface area contributed by atoms with Crippen molar-refractivity contribution in [1.82, 2.24) is 4.90 Å². The summed E-state index contributed by atoms with van der Waals surface area (Å²) in [5, 5.41) is 10.7. The fraction of sp³-hybridized carbons (Fsp3) is 0.680. The SMILES string of the molecule is CCCCN1C(=O)[C@@]2(CCN3C[C@@H]4CC[C@H](O)[C@H](C(=O)OC)[C@H]4C[C@H]32)c2ccccc21. The molecule has 6 nitrogen and oxygen atoms in total. The van der Waals surface area contributed by atoms with Gasteiger partial charge in [-0.1, -0.05) is 31.5 Å². The number of esters is 1. The number of hydrogen-bond acceptors (Lipinski definition) is 5. The third-order valence-electron chi connectivity index (χ3n) is 8.59. The van der Waals surface area contributed by atoms with Gasteiger partial charge in [0, 0.05) is 24.8 Å². The van der Waals surface area contributed by atoms with E-state index in [2.05, 4.69) is 24.0 Å². The van der Waals surface area contributed by atoms with Crippen molar-refractivity contribution < 1.29 is 19.4 Å². The van der Waals surface area contributed by atoms with Crippen LogP contribution in [0.2, 0.25) is 0 Å². The molecule has 1 spiro atoms. The van der Waals surface area contributed by atoms with Crippen LogP contribution in [-0.2, 0) is 19.7 Å². The number of unbranched alkanes of at least 4 members (excludes halogenated alkanes) is 1. The molecule has 6 heteroatoms. The van der Waals surface area contributed by atoms with E-state index in [0.29, 0.717) is 12.3 Å². The predicted octanol–water partition coefficient (Wildman–Crippen LogP) is 2.73. The van der Waals surface area contributed by atoms with Gasteiger partial charge < -0.3 is 14.7 Å². The van der Waals surface area contributed by atoms with E-state index in [1.165, 1.54) is 7.11 Å². The van der Waals surface area contributed by atoms with Gasteiger partial charge in [0.2, 0.25) is 5.91 Å². The average Bonchev–Trinajstić information content (AvgIpc) is 3.27. The number of aliphatic hydroxyl groups excluding tert-OH is 1. The molecule has 0 aromatic heterocycles. The molecule has 6 atom stereocenters. The Balaban J connectivity index is 1.52. The molecule has 1 amide bonds. The highest BCUT2D eigenvalue weighted by Gasteiger charge is 2.63. The summed E-state index contributed by atoms with van der Waals surface area (Å²) >= 11 is 0. The molecule has 1 aliphatic carbocycles. The number of hydrogen-bond donors (Lipinski definition) is 1. The number of nitrogens with zero attached hydrogens (tertiary/aromatic N) is 2. The maximum atomic E-state index is 14.0. The molecule has 1 aromatic carbocycles. The van der Waals surface area contributed by atoms with Crippen LogP contribution in [0.4, 0.5) is 5.69 Å². The minimum atomic E-state index is -0.648. The Hall–Kier alpha value is -1.92. The van der Waals surface area contributed by atoms with E-state index in [1.54, 1.807) is 0 Å². The Labute approximate surface area is 184 Å². The molecule has 1 saturated carbocycles. The van der Waals surface area contributed by atoms with Crippen LogP contribution in [0.3, 0.4) is 0 Å². The summed E-state index contributed by atoms with van der Waals surface area (Å²) in [4.78, 5) is 31.1. The van der Waals surface area contributed by atoms with E-state index in [-0.39, 0.29) is 23.8 Å². The third kappa shape index (κ3) is 2.98. The Bertz CT molecular complexity index is 873. The van der Waals surface area contributed by atoms with Gasteiger partial charge >= 0.3 is 5.97 Å². The van der Waals surface area contributed by atoms with Crippen molar-refractivity contribution in [2.75, 3.05) is 31.6 Å². The highest BCUT2D eigenvalue weighted by molar-refractivity contribution is 6.09. The standard InChI is InChI=1S/C25H34N2O4/c1-3-4-12-27-19-8-6-5-7-18(19)25(24(27)30)11-13-26-15-16-9-10-20(28)22(23(29)31-2)17(16)14-21(25)26/h5-8,16-17,20-22,28H,3-4,9-15H2,1-2H3/t16-,17-,20-,21-,22+,25-/m0/s1. The zero-order valence-electron chi connectivity index (χ0n) is 18.6. The summed E-state index contributed by atoms with van der Waals surface area (Å²) in [7, 11) is 1.41. The Morgan fingerprint density at radius 2 is 2.10 bits per heavy atom. The topological polar surface area (TPSA) is 70.1 Å². The first-order valence-corrected chi connectivity index (χ1v) is 11.9. The number of rotatable bonds is 4. The van der Waals surface area contributed by atoms with Gasteiger partial charge in [0.25, 0.3) is 0 Å². The molecule has 5 rings (SSSR count). The molecule has 0 unspecified atom stereocenters. The summed E-state index contributed by atoms with van der Waals surface area (Å²) in [5.74, 6) is -0.102. The number of amides is 1. The van der Waals surface area contributed by atoms with Crippen LogP contribution in [0, 0.1) is 17.8 Å². The number of fused-ring (bicyclic) bond motifs is 5. The maximum absolute atomic E-state index is 14.0. The first-order chi connectivity index (χ1) is 15.0. The number of aliphatic hydroxyl groups is 1. The minimum absolute atomic E-state index is 0.0667. The second-order valence-electron chi connectivity index (χ2n) is 9.91. The van der Waals surface area contributed by atoms with Gasteiger partial charge in [-0.05, 0) is 62.1 Å². The number of ether oxygens (including phenoxy) is 1. The highest BCUT2D eigenvalue weighted by atomic mass is 16.5. The van der Waals surface area contributed by atoms with Crippen molar-refractivity contribution in [2.45, 2.75) is 63.0 Å². The van der Waals surface area contributed by atoms with E-state index in [4.69, 9.17) is 4.74 Å². The maximum Gasteiger partial charge on any atom is 0.311 e. The number of carbonyl (C=O) groups excluding carboxylic acids is 2. The Morgan fingerprint density at radius 1 is 1.29 bits per heavy atom. The van der Waals surface area contributed by atoms with Crippen LogP contribution < -0.4 is 4.90 Å². The summed E-state index contributed by atoms with van der Waals surface area (Å²) in [5.41, 5.74) is 1.70. The molecule has 1 aromatic rings. The Morgan fingerprint density at radius 3 is 2.87 bits per heavy atom. The van der Waals surface area contributed by atoms with Gasteiger partial charge in [-0.25, -0.2) is 0 Å². The van der Waals surface area contributed by atoms with Crippen LogP contribution in [-0.4, -0.2) is 60.8 Å². The molecule has 3 aliphatic heterocycles. The molecule has 3 heterocycles. The van der Waals surface area contributed by atoms with Crippen molar-refractivity contribution in [3.05, 3.63) is 29.8 Å². The summed E-state index contributed by atoms with van der Waals surface area (Å²) in [6.45, 7) is 4.74. The third-order valence-corrected chi connectivity index (χ3v) is 8.59. The van der Waals surface area contributed by atoms with E-state index in [9.17, 15) is 14.7 Å². The molecule has 3 fully saturated rings. The van der Waals surface area contributed by atoms with Gasteiger partial charge in [-0.3, -0.25) is 14.5 Å². The number of benzene rings is 1. The molecular weight excluding hydrogens is 392 g/mol. The lowest BCUT2D eigenvalue weighted by atomic mass is 9.62. The van der Waals surface area contributed by atoms with Gasteiger partial charge in [0.15, 0.2) is 0 Å². The van der Waals surface area contributed by atoms with E-state index < -0.39 is 17.4 Å². The van der Waals surface area contributed by atoms with Crippen LogP contribution in [0.15, 0.2) is 24.3 Å². The molecule has 1 N–H and O–H groups in total. The number of carbonyl (C=O) groups is 2. The Kier molecular flexibility index (Phi) is 5.33. The summed E-state index contributed by atoms with van der Waals surface area (Å²) in [6, 6.07) is 8.38. The van der Waals surface area contributed by atoms with Gasteiger partial charge in [-0.2, -0.15) is 0 Å². The lowest BCUT2D eigenvalue weighted by molar-refractivity contribution is -0.159. The van der Waals surface area contributed by atoms with Crippen LogP contribution >= 0.6 is 0 Å². The smallest absolute Gasteiger partial charge is 0.311 e. The van der Waals surface area contributed by atoms with Gasteiger partial charge in [0.1, 0.15) is 0 Å². The molecule has 2 saturated heterocycles. The first kappa shape index (κ1) is 21.0. The number of para-hydroxylation sites is 1. The van der Waals surface area contributed by atoms with Crippen molar-refractivity contribution in [3.8, 4) is 0 Å². The molecule has 0 bridgehead atoms. The molecule has 0 radical (unpaired) electrons. The first-order valence-electron chi connectivity index (χ1n) is 11.9. The van der Waals surface area contributed by atoms with Crippen LogP contribution in [0.5, 0.6) is 0 Å². The number of methoxy groups -OCH3 is 1. The summed E-state index contributed by atoms with van der Waals surface area (Å²) in [6.07, 6.45) is 4.58. The normalized spacial score (nSPS) is 36.9. The molecule has 168 valence electrons. The van der Waals surface area contributed by atoms with Crippen LogP contribution in [0.1, 0.15) is 51.0 Å². The summed E-state index contributed by atoms with van der Waals surface area (Å²) < 4.78 is 5.09. The largest absolute Gasteiger partial charge is 0.469 e. The lowest BCUT2D eigenvalue weighted by Crippen LogP contribution is -2.58. The monoisotopic (exact) mass is 426 g/mol. The minimum Gasteiger partial charge on any atom is -0.469 e. The van der Waals surface area contributed by atoms with Crippen molar-refractivity contribution in [1.29, 1.82) is 0 Å². The van der Waals surface area contributed by atoms with Gasteiger partial charge in [0.05, 0.1) is 24.5 Å². The van der Waals surface area contributed by atoms with Crippen molar-refractivity contribution >= 4 is 17.6 Å². The van der Waals surface area contributed by atoms with E-state index in [1.807, 2.05) is 17.0 Å². The average molecular weight is 427 g/mol. The number of piperidine rings is 1.